The summed E-state index contributed by atoms with van der Waals surface area (Å²) >= 11 is 12.0. The van der Waals surface area contributed by atoms with Gasteiger partial charge in [-0.25, -0.2) is 68.8 Å². The average molecular weight is 2110 g/mol. The van der Waals surface area contributed by atoms with E-state index in [4.69, 9.17) is 56.4 Å². The number of halogens is 16. The number of ether oxygens (including phenoxy) is 7. The van der Waals surface area contributed by atoms with E-state index >= 15 is 13.2 Å². The van der Waals surface area contributed by atoms with Gasteiger partial charge in [-0.3, -0.25) is 9.59 Å². The summed E-state index contributed by atoms with van der Waals surface area (Å²) in [4.78, 5) is 24.0. The van der Waals surface area contributed by atoms with Crippen molar-refractivity contribution in [2.75, 3.05) is 66.1 Å². The number of aliphatic hydroxyl groups excluding tert-OH is 2. The molecule has 8 aromatic carbocycles. The number of benzene rings is 8. The second-order valence-corrected chi connectivity index (χ2v) is 66.3. The van der Waals surface area contributed by atoms with Crippen LogP contribution in [0.3, 0.4) is 0 Å². The van der Waals surface area contributed by atoms with E-state index in [9.17, 15) is 102 Å². The van der Waals surface area contributed by atoms with Crippen molar-refractivity contribution in [2.24, 2.45) is 41.4 Å². The quantitative estimate of drug-likeness (QED) is 0.0342. The Morgan fingerprint density at radius 2 is 0.645 bits per heavy atom. The molecule has 0 amide bonds. The molecule has 0 radical (unpaired) electrons. The van der Waals surface area contributed by atoms with Gasteiger partial charge < -0.3 is 43.4 Å². The summed E-state index contributed by atoms with van der Waals surface area (Å²) < 4.78 is 343. The molecule has 0 bridgehead atoms. The Labute approximate surface area is 805 Å². The van der Waals surface area contributed by atoms with Crippen LogP contribution in [0.25, 0.3) is 0 Å². The summed E-state index contributed by atoms with van der Waals surface area (Å²) in [6, 6.07) is 26.6. The van der Waals surface area contributed by atoms with E-state index in [-0.39, 0.29) is 141 Å². The van der Waals surface area contributed by atoms with Gasteiger partial charge in [-0.1, -0.05) is 82.1 Å². The van der Waals surface area contributed by atoms with Gasteiger partial charge in [0, 0.05) is 115 Å². The van der Waals surface area contributed by atoms with Gasteiger partial charge in [0.2, 0.25) is 0 Å². The maximum atomic E-state index is 15.4. The molecule has 4 saturated carbocycles. The lowest BCUT2D eigenvalue weighted by atomic mass is 9.66. The third kappa shape index (κ3) is 20.7. The number of Topliss-reactive ketones (excluding diaryl/α,β-unsaturated/α-hetero) is 2. The predicted octanol–water partition coefficient (Wildman–Crippen LogP) is 21.3. The van der Waals surface area contributed by atoms with Crippen molar-refractivity contribution in [2.45, 2.75) is 198 Å². The molecule has 13 atom stereocenters. The molecule has 4 aliphatic heterocycles. The molecule has 4 fully saturated rings. The zero-order valence-electron chi connectivity index (χ0n) is 76.6. The van der Waals surface area contributed by atoms with Crippen molar-refractivity contribution >= 4 is 98.3 Å². The standard InChI is InChI=1S/C26H29F5O5SSi.2C25H31ClF2O5SSi.C20H15F5O4S/c1-38(2,3)13-12-35-14-18-19-15-36-24-21(28)9-8-20(27)23(24)25(19,11-10-22(18)32)37(33,34)17-6-4-16(5-7-17)26(29,30)31;2*1-35(2,3)13-12-32-14-18-19-15-33-24-21(28)9-8-20(27)23(24)25(19,11-10-22(18)29)34(30,31)17-6-4-16(26)5-7-17;21-15-5-6-16(22)18-17(15)19(8-7-13(26)9-12(19)10-29-18)30(27,28)14-3-1-11(2-4-14)20(23,24)25/h4-9,18-19H,10-15H2,1-3H3;2*4-9,18-19,22,29H,10-15H2,1-3H3;1-6,12H,7-10H2/t18-,19-,25-;18-,19-,22+,25?;18-,19-,22-,25?;12-,19+/m0001/s1. The maximum Gasteiger partial charge on any atom is 0.416 e. The first-order valence-electron chi connectivity index (χ1n) is 44.8. The summed E-state index contributed by atoms with van der Waals surface area (Å²) in [7, 11) is -21.9. The summed E-state index contributed by atoms with van der Waals surface area (Å²) in [6.07, 6.45) is -12.4. The smallest absolute Gasteiger partial charge is 0.416 e. The second kappa shape index (κ2) is 40.7. The van der Waals surface area contributed by atoms with Crippen LogP contribution in [0.4, 0.5) is 61.5 Å². The van der Waals surface area contributed by atoms with Crippen molar-refractivity contribution in [1.82, 2.24) is 0 Å². The van der Waals surface area contributed by atoms with E-state index < -0.39 is 245 Å². The van der Waals surface area contributed by atoms with Crippen LogP contribution in [0, 0.1) is 88.0 Å². The van der Waals surface area contributed by atoms with Gasteiger partial charge in [0.05, 0.1) is 111 Å². The highest BCUT2D eigenvalue weighted by Crippen LogP contribution is 2.63. The molecule has 0 spiro atoms. The number of ketones is 2. The van der Waals surface area contributed by atoms with Crippen molar-refractivity contribution < 1.29 is 148 Å². The van der Waals surface area contributed by atoms with E-state index in [1.54, 1.807) is 0 Å². The lowest BCUT2D eigenvalue weighted by Gasteiger charge is -2.51. The van der Waals surface area contributed by atoms with Crippen molar-refractivity contribution in [1.29, 1.82) is 0 Å². The van der Waals surface area contributed by atoms with E-state index in [1.807, 2.05) is 0 Å². The Morgan fingerprint density at radius 3 is 0.971 bits per heavy atom. The second-order valence-electron chi connectivity index (χ2n) is 39.7. The molecule has 138 heavy (non-hydrogen) atoms. The Morgan fingerprint density at radius 1 is 0.370 bits per heavy atom. The fourth-order valence-electron chi connectivity index (χ4n) is 20.3. The minimum absolute atomic E-state index is 0.0433. The Bertz CT molecular complexity index is 6150. The van der Waals surface area contributed by atoms with Gasteiger partial charge in [0.15, 0.2) is 85.6 Å². The van der Waals surface area contributed by atoms with Gasteiger partial charge in [0.25, 0.3) is 0 Å². The maximum absolute atomic E-state index is 15.4. The number of alkyl halides is 6. The minimum atomic E-state index is -4.70. The normalized spacial score (nSPS) is 25.3. The highest BCUT2D eigenvalue weighted by atomic mass is 35.5. The Balaban J connectivity index is 0.000000156. The molecule has 2 unspecified atom stereocenters. The topological polar surface area (TPSA) is 276 Å². The number of sulfone groups is 4. The molecule has 19 nitrogen and oxygen atoms in total. The molecule has 0 aromatic heterocycles. The lowest BCUT2D eigenvalue weighted by molar-refractivity contribution is -0.138. The minimum Gasteiger partial charge on any atom is -0.490 e. The molecule has 752 valence electrons. The van der Waals surface area contributed by atoms with Crippen LogP contribution in [0.15, 0.2) is 165 Å². The van der Waals surface area contributed by atoms with Crippen LogP contribution in [-0.2, 0) is 94.5 Å². The molecule has 2 N–H and O–H groups in total. The number of hydrogen-bond acceptors (Lipinski definition) is 19. The van der Waals surface area contributed by atoms with E-state index in [0.717, 1.165) is 90.9 Å². The largest absolute Gasteiger partial charge is 0.490 e. The summed E-state index contributed by atoms with van der Waals surface area (Å²) in [5, 5.41) is 22.6. The number of hydrogen-bond donors (Lipinski definition) is 2. The van der Waals surface area contributed by atoms with Gasteiger partial charge in [-0.2, -0.15) is 26.3 Å². The highest BCUT2D eigenvalue weighted by molar-refractivity contribution is 7.93. The number of rotatable bonds is 23. The first kappa shape index (κ1) is 107. The average Bonchev–Trinajstić information content (AvgIpc) is 0.693. The number of aliphatic hydroxyl groups is 2. The first-order chi connectivity index (χ1) is 64.3. The Hall–Kier alpha value is -7.85. The number of carbonyl (C=O) groups is 2. The summed E-state index contributed by atoms with van der Waals surface area (Å²) in [5.74, 6) is -15.8. The fourth-order valence-corrected chi connectivity index (χ4v) is 32.3. The van der Waals surface area contributed by atoms with Gasteiger partial charge in [-0.05, 0) is 202 Å². The molecule has 16 rings (SSSR count). The molecule has 8 aliphatic rings. The van der Waals surface area contributed by atoms with Gasteiger partial charge >= 0.3 is 12.4 Å². The van der Waals surface area contributed by atoms with Crippen molar-refractivity contribution in [3.8, 4) is 23.0 Å². The third-order valence-corrected chi connectivity index (χ3v) is 43.5. The van der Waals surface area contributed by atoms with Gasteiger partial charge in [0.1, 0.15) is 53.8 Å². The molecule has 4 aliphatic carbocycles. The van der Waals surface area contributed by atoms with Crippen LogP contribution in [0.1, 0.15) is 91.2 Å². The van der Waals surface area contributed by atoms with Crippen molar-refractivity contribution in [3.05, 3.63) is 236 Å². The molecule has 42 heteroatoms. The molecule has 8 aromatic rings. The predicted molar refractivity (Wildman–Crippen MR) is 494 cm³/mol. The highest BCUT2D eigenvalue weighted by Gasteiger charge is 2.67. The fraction of sp³-hybridized carbons (Fsp3) is 0.479. The van der Waals surface area contributed by atoms with Crippen LogP contribution in [-0.4, -0.2) is 158 Å². The van der Waals surface area contributed by atoms with Crippen molar-refractivity contribution in [3.63, 3.8) is 0 Å². The summed E-state index contributed by atoms with van der Waals surface area (Å²) in [6.45, 7) is 20.1. The van der Waals surface area contributed by atoms with E-state index in [1.165, 1.54) is 48.5 Å². The van der Waals surface area contributed by atoms with E-state index in [0.29, 0.717) is 54.1 Å². The molecular weight excluding hydrogens is 2010 g/mol. The zero-order chi connectivity index (χ0) is 101. The Kier molecular flexibility index (Phi) is 31.7. The molecule has 0 saturated heterocycles. The molecule has 4 heterocycles. The van der Waals surface area contributed by atoms with Crippen LogP contribution in [0.2, 0.25) is 87.1 Å². The first-order valence-corrected chi connectivity index (χ1v) is 62.6. The number of fused-ring (bicyclic) bond motifs is 12. The van der Waals surface area contributed by atoms with E-state index in [2.05, 4.69) is 58.9 Å². The molecular formula is C96H106Cl2F14O19S4Si3. The lowest BCUT2D eigenvalue weighted by Crippen LogP contribution is -2.58. The van der Waals surface area contributed by atoms with Crippen LogP contribution < -0.4 is 18.9 Å². The summed E-state index contributed by atoms with van der Waals surface area (Å²) in [5.41, 5.74) is -3.74. The third-order valence-electron chi connectivity index (χ3n) is 27.6. The van der Waals surface area contributed by atoms with Gasteiger partial charge in [-0.15, -0.1) is 0 Å². The van der Waals surface area contributed by atoms with Crippen LogP contribution >= 0.6 is 23.2 Å². The number of carbonyl (C=O) groups excluding carboxylic acids is 2. The monoisotopic (exact) mass is 2110 g/mol. The van der Waals surface area contributed by atoms with Crippen LogP contribution in [0.5, 0.6) is 23.0 Å². The zero-order valence-corrected chi connectivity index (χ0v) is 84.4. The SMILES string of the molecule is C[Si](C)(C)CCOC[C@@H]1C(=O)CC[C@@]2(S(=O)(=O)c3ccc(C(F)(F)F)cc3)c3c(F)ccc(F)c3OC[C@@H]12.C[Si](C)(C)CCOC[C@@H]1[C@@H](O)CCC2(S(=O)(=O)c3ccc(Cl)cc3)c3c(F)ccc(F)c3OC[C@@H]12.C[Si](C)(C)CCOC[C@@H]1[C@H](O)CCC2(S(=O)(=O)c3ccc(Cl)cc3)c3c(F)ccc(F)c3OC[C@@H]12.O=C1CC[C@@]2(S(=O)(=O)c3ccc(C(F)(F)F)cc3)c3c(F)ccc(F)c3OC[C@H]2C1.